The average molecular weight is 311 g/mol. The van der Waals surface area contributed by atoms with Gasteiger partial charge in [-0.05, 0) is 35.9 Å². The Balaban J connectivity index is 1.90. The van der Waals surface area contributed by atoms with Gasteiger partial charge in [0.2, 0.25) is 0 Å². The van der Waals surface area contributed by atoms with Gasteiger partial charge in [-0.2, -0.15) is 5.26 Å². The number of nitrogens with zero attached hydrogens (tertiary/aromatic N) is 1. The van der Waals surface area contributed by atoms with Crippen molar-refractivity contribution in [1.29, 1.82) is 5.26 Å². The molecule has 1 N–H and O–H groups in total. The smallest absolute Gasteiger partial charge is 0.256 e. The summed E-state index contributed by atoms with van der Waals surface area (Å²) in [4.78, 5) is 12.1. The van der Waals surface area contributed by atoms with E-state index in [1.54, 1.807) is 24.3 Å². The quantitative estimate of drug-likeness (QED) is 0.879. The molecule has 1 aliphatic rings. The molecule has 0 aromatic heterocycles. The predicted octanol–water partition coefficient (Wildman–Crippen LogP) is 3.74. The predicted molar refractivity (Wildman–Crippen MR) is 85.5 cm³/mol. The molecule has 0 saturated carbocycles. The van der Waals surface area contributed by atoms with Crippen molar-refractivity contribution in [3.05, 3.63) is 58.6 Å². The number of ether oxygens (including phenoxy) is 1. The zero-order valence-electron chi connectivity index (χ0n) is 11.5. The van der Waals surface area contributed by atoms with Crippen molar-refractivity contribution in [2.75, 3.05) is 11.9 Å². The van der Waals surface area contributed by atoms with Gasteiger partial charge >= 0.3 is 0 Å². The average Bonchev–Trinajstić information content (AvgIpc) is 2.81. The molecule has 108 valence electrons. The monoisotopic (exact) mass is 310 g/mol. The molecule has 22 heavy (non-hydrogen) atoms. The van der Waals surface area contributed by atoms with Gasteiger partial charge in [-0.3, -0.25) is 4.79 Å². The SMILES string of the molecule is N#CCOc1ccc(/C=C2/C(=O)Nc3cc(Cl)ccc32)cc1. The van der Waals surface area contributed by atoms with Gasteiger partial charge in [0, 0.05) is 16.2 Å². The third-order valence-corrected chi connectivity index (χ3v) is 3.49. The highest BCUT2D eigenvalue weighted by Gasteiger charge is 2.23. The summed E-state index contributed by atoms with van der Waals surface area (Å²) in [6.45, 7) is 0.0109. The first-order valence-electron chi connectivity index (χ1n) is 6.60. The number of anilines is 1. The number of fused-ring (bicyclic) bond motifs is 1. The molecular formula is C17H11ClN2O2. The molecule has 5 heteroatoms. The molecule has 2 aromatic rings. The van der Waals surface area contributed by atoms with Gasteiger partial charge in [-0.25, -0.2) is 0 Å². The topological polar surface area (TPSA) is 62.1 Å². The maximum Gasteiger partial charge on any atom is 0.256 e. The van der Waals surface area contributed by atoms with Gasteiger partial charge in [-0.15, -0.1) is 0 Å². The van der Waals surface area contributed by atoms with Crippen LogP contribution in [-0.4, -0.2) is 12.5 Å². The van der Waals surface area contributed by atoms with Crippen LogP contribution in [0.5, 0.6) is 5.75 Å². The summed E-state index contributed by atoms with van der Waals surface area (Å²) in [6.07, 6.45) is 1.81. The molecule has 3 rings (SSSR count). The Morgan fingerprint density at radius 2 is 2.00 bits per heavy atom. The summed E-state index contributed by atoms with van der Waals surface area (Å²) in [7, 11) is 0. The highest BCUT2D eigenvalue weighted by Crippen LogP contribution is 2.34. The van der Waals surface area contributed by atoms with E-state index < -0.39 is 0 Å². The molecule has 0 unspecified atom stereocenters. The lowest BCUT2D eigenvalue weighted by Gasteiger charge is -2.02. The van der Waals surface area contributed by atoms with Crippen LogP contribution in [0.2, 0.25) is 5.02 Å². The first-order valence-corrected chi connectivity index (χ1v) is 6.98. The lowest BCUT2D eigenvalue weighted by atomic mass is 10.0. The second kappa shape index (κ2) is 5.92. The number of benzene rings is 2. The maximum absolute atomic E-state index is 12.1. The Bertz CT molecular complexity index is 804. The van der Waals surface area contributed by atoms with Crippen molar-refractivity contribution >= 4 is 34.8 Å². The van der Waals surface area contributed by atoms with Gasteiger partial charge in [0.25, 0.3) is 5.91 Å². The van der Waals surface area contributed by atoms with Crippen LogP contribution in [0.4, 0.5) is 5.69 Å². The lowest BCUT2D eigenvalue weighted by molar-refractivity contribution is -0.110. The largest absolute Gasteiger partial charge is 0.479 e. The van der Waals surface area contributed by atoms with Gasteiger partial charge in [0.15, 0.2) is 6.61 Å². The van der Waals surface area contributed by atoms with E-state index in [0.29, 0.717) is 16.3 Å². The molecule has 0 bridgehead atoms. The van der Waals surface area contributed by atoms with Crippen LogP contribution in [0.3, 0.4) is 0 Å². The maximum atomic E-state index is 12.1. The first-order chi connectivity index (χ1) is 10.7. The van der Waals surface area contributed by atoms with Crippen LogP contribution in [0, 0.1) is 11.3 Å². The zero-order valence-corrected chi connectivity index (χ0v) is 12.2. The van der Waals surface area contributed by atoms with E-state index in [1.807, 2.05) is 30.3 Å². The minimum atomic E-state index is -0.151. The van der Waals surface area contributed by atoms with E-state index in [1.165, 1.54) is 0 Å². The van der Waals surface area contributed by atoms with Crippen LogP contribution in [0.1, 0.15) is 11.1 Å². The van der Waals surface area contributed by atoms with Gasteiger partial charge in [0.05, 0.1) is 5.69 Å². The van der Waals surface area contributed by atoms with Crippen molar-refractivity contribution in [3.63, 3.8) is 0 Å². The van der Waals surface area contributed by atoms with E-state index in [4.69, 9.17) is 21.6 Å². The van der Waals surface area contributed by atoms with Crippen molar-refractivity contribution in [2.45, 2.75) is 0 Å². The summed E-state index contributed by atoms with van der Waals surface area (Å²) < 4.78 is 5.19. The molecule has 4 nitrogen and oxygen atoms in total. The molecule has 0 spiro atoms. The third-order valence-electron chi connectivity index (χ3n) is 3.26. The van der Waals surface area contributed by atoms with Gasteiger partial charge < -0.3 is 10.1 Å². The highest BCUT2D eigenvalue weighted by atomic mass is 35.5. The number of rotatable bonds is 3. The van der Waals surface area contributed by atoms with Crippen molar-refractivity contribution in [1.82, 2.24) is 0 Å². The second-order valence-corrected chi connectivity index (χ2v) is 5.15. The molecule has 0 aliphatic carbocycles. The summed E-state index contributed by atoms with van der Waals surface area (Å²) in [5.41, 5.74) is 3.02. The van der Waals surface area contributed by atoms with Gasteiger partial charge in [-0.1, -0.05) is 29.8 Å². The minimum absolute atomic E-state index is 0.0109. The second-order valence-electron chi connectivity index (χ2n) is 4.72. The highest BCUT2D eigenvalue weighted by molar-refractivity contribution is 6.36. The van der Waals surface area contributed by atoms with E-state index in [-0.39, 0.29) is 12.5 Å². The number of hydrogen-bond donors (Lipinski definition) is 1. The molecule has 2 aromatic carbocycles. The van der Waals surface area contributed by atoms with E-state index in [9.17, 15) is 4.79 Å². The number of amides is 1. The number of carbonyl (C=O) groups excluding carboxylic acids is 1. The van der Waals surface area contributed by atoms with Crippen LogP contribution < -0.4 is 10.1 Å². The molecule has 1 amide bonds. The molecule has 0 fully saturated rings. The summed E-state index contributed by atoms with van der Waals surface area (Å²) in [5, 5.41) is 11.9. The molecule has 1 heterocycles. The summed E-state index contributed by atoms with van der Waals surface area (Å²) >= 11 is 5.93. The Kier molecular flexibility index (Phi) is 3.82. The molecule has 0 radical (unpaired) electrons. The Labute approximate surface area is 132 Å². The number of carbonyl (C=O) groups is 1. The van der Waals surface area contributed by atoms with Crippen LogP contribution in [-0.2, 0) is 4.79 Å². The fourth-order valence-corrected chi connectivity index (χ4v) is 2.42. The van der Waals surface area contributed by atoms with Crippen molar-refractivity contribution in [2.24, 2.45) is 0 Å². The van der Waals surface area contributed by atoms with Crippen LogP contribution >= 0.6 is 11.6 Å². The first kappa shape index (κ1) is 14.2. The van der Waals surface area contributed by atoms with Crippen LogP contribution in [0.25, 0.3) is 11.6 Å². The fraction of sp³-hybridized carbons (Fsp3) is 0.0588. The Morgan fingerprint density at radius 3 is 2.73 bits per heavy atom. The molecule has 1 aliphatic heterocycles. The number of hydrogen-bond acceptors (Lipinski definition) is 3. The number of nitriles is 1. The Morgan fingerprint density at radius 1 is 1.23 bits per heavy atom. The van der Waals surface area contributed by atoms with E-state index in [2.05, 4.69) is 5.32 Å². The molecule has 0 saturated heterocycles. The standard InChI is InChI=1S/C17H11ClN2O2/c18-12-3-6-14-15(17(21)20-16(14)10-12)9-11-1-4-13(5-2-11)22-8-7-19/h1-6,9-10H,8H2,(H,20,21)/b15-9+. The molecule has 0 atom stereocenters. The zero-order chi connectivity index (χ0) is 15.5. The Hall–Kier alpha value is -2.77. The minimum Gasteiger partial charge on any atom is -0.479 e. The van der Waals surface area contributed by atoms with Crippen LogP contribution in [0.15, 0.2) is 42.5 Å². The normalized spacial score (nSPS) is 14.4. The van der Waals surface area contributed by atoms with Crippen molar-refractivity contribution in [3.8, 4) is 11.8 Å². The third kappa shape index (κ3) is 2.80. The molecular weight excluding hydrogens is 300 g/mol. The fourth-order valence-electron chi connectivity index (χ4n) is 2.25. The van der Waals surface area contributed by atoms with Crippen molar-refractivity contribution < 1.29 is 9.53 Å². The number of halogens is 1. The summed E-state index contributed by atoms with van der Waals surface area (Å²) in [6, 6.07) is 14.4. The lowest BCUT2D eigenvalue weighted by Crippen LogP contribution is -2.03. The van der Waals surface area contributed by atoms with Gasteiger partial charge in [0.1, 0.15) is 11.8 Å². The van der Waals surface area contributed by atoms with E-state index >= 15 is 0 Å². The number of nitrogens with one attached hydrogen (secondary N) is 1. The van der Waals surface area contributed by atoms with E-state index in [0.717, 1.165) is 16.8 Å². The summed E-state index contributed by atoms with van der Waals surface area (Å²) in [5.74, 6) is 0.467.